The van der Waals surface area contributed by atoms with Crippen LogP contribution < -0.4 is 0 Å². The number of aliphatic hydroxyl groups excluding tert-OH is 1. The molecule has 3 heteroatoms. The van der Waals surface area contributed by atoms with E-state index in [4.69, 9.17) is 11.6 Å². The molecule has 0 aromatic heterocycles. The van der Waals surface area contributed by atoms with Gasteiger partial charge in [-0.15, -0.1) is 0 Å². The third kappa shape index (κ3) is 3.69. The van der Waals surface area contributed by atoms with Crippen molar-refractivity contribution in [2.45, 2.75) is 51.0 Å². The molecule has 1 aliphatic carbocycles. The van der Waals surface area contributed by atoms with Crippen LogP contribution in [0.3, 0.4) is 0 Å². The van der Waals surface area contributed by atoms with Gasteiger partial charge in [-0.05, 0) is 36.5 Å². The quantitative estimate of drug-likeness (QED) is 0.810. The molecule has 0 heterocycles. The summed E-state index contributed by atoms with van der Waals surface area (Å²) in [4.78, 5) is 0. The van der Waals surface area contributed by atoms with Crippen molar-refractivity contribution in [1.82, 2.24) is 0 Å². The van der Waals surface area contributed by atoms with Gasteiger partial charge in [-0.3, -0.25) is 0 Å². The molecular formula is C15H20ClFO. The molecule has 0 amide bonds. The first-order valence-electron chi connectivity index (χ1n) is 6.79. The average Bonchev–Trinajstić information content (AvgIpc) is 2.61. The third-order valence-electron chi connectivity index (χ3n) is 3.89. The molecule has 1 N–H and O–H groups in total. The van der Waals surface area contributed by atoms with E-state index in [0.29, 0.717) is 17.4 Å². The summed E-state index contributed by atoms with van der Waals surface area (Å²) in [6.07, 6.45) is 7.34. The highest BCUT2D eigenvalue weighted by Crippen LogP contribution is 2.28. The maximum atomic E-state index is 12.9. The molecule has 1 aliphatic rings. The van der Waals surface area contributed by atoms with Crippen LogP contribution in [0.2, 0.25) is 5.02 Å². The Balaban J connectivity index is 1.98. The molecule has 1 atom stereocenters. The van der Waals surface area contributed by atoms with Crippen molar-refractivity contribution in [2.75, 3.05) is 0 Å². The van der Waals surface area contributed by atoms with E-state index in [1.807, 2.05) is 0 Å². The molecule has 0 radical (unpaired) electrons. The van der Waals surface area contributed by atoms with Crippen LogP contribution in [0.25, 0.3) is 0 Å². The second-order valence-corrected chi connectivity index (χ2v) is 5.67. The molecule has 1 aromatic carbocycles. The zero-order valence-electron chi connectivity index (χ0n) is 10.5. The molecule has 1 aromatic rings. The summed E-state index contributed by atoms with van der Waals surface area (Å²) in [7, 11) is 0. The van der Waals surface area contributed by atoms with E-state index in [-0.39, 0.29) is 11.9 Å². The van der Waals surface area contributed by atoms with E-state index in [9.17, 15) is 9.50 Å². The Morgan fingerprint density at radius 3 is 2.50 bits per heavy atom. The molecule has 0 spiro atoms. The lowest BCUT2D eigenvalue weighted by Crippen LogP contribution is -2.22. The number of halogens is 2. The zero-order chi connectivity index (χ0) is 13.0. The number of hydrogen-bond acceptors (Lipinski definition) is 1. The highest BCUT2D eigenvalue weighted by Gasteiger charge is 2.21. The Hall–Kier alpha value is -0.600. The minimum absolute atomic E-state index is 0.326. The van der Waals surface area contributed by atoms with Gasteiger partial charge in [-0.2, -0.15) is 0 Å². The van der Waals surface area contributed by atoms with Crippen LogP contribution in [-0.2, 0) is 6.42 Å². The summed E-state index contributed by atoms with van der Waals surface area (Å²) >= 11 is 5.99. The first-order chi connectivity index (χ1) is 8.66. The second-order valence-electron chi connectivity index (χ2n) is 5.26. The number of aliphatic hydroxyl groups is 1. The lowest BCUT2D eigenvalue weighted by molar-refractivity contribution is 0.0986. The molecule has 1 unspecified atom stereocenters. The number of hydrogen-bond donors (Lipinski definition) is 1. The molecule has 0 aliphatic heterocycles. The largest absolute Gasteiger partial charge is 0.392 e. The average molecular weight is 271 g/mol. The highest BCUT2D eigenvalue weighted by atomic mass is 35.5. The maximum absolute atomic E-state index is 12.9. The third-order valence-corrected chi connectivity index (χ3v) is 4.24. The van der Waals surface area contributed by atoms with Crippen molar-refractivity contribution in [3.05, 3.63) is 34.6 Å². The van der Waals surface area contributed by atoms with Crippen LogP contribution in [0.4, 0.5) is 4.39 Å². The van der Waals surface area contributed by atoms with E-state index in [1.165, 1.54) is 37.8 Å². The molecule has 1 fully saturated rings. The maximum Gasteiger partial charge on any atom is 0.124 e. The fraction of sp³-hybridized carbons (Fsp3) is 0.600. The Morgan fingerprint density at radius 2 is 1.89 bits per heavy atom. The van der Waals surface area contributed by atoms with Crippen molar-refractivity contribution in [3.63, 3.8) is 0 Å². The van der Waals surface area contributed by atoms with Crippen LogP contribution in [0.1, 0.15) is 44.1 Å². The van der Waals surface area contributed by atoms with Crippen molar-refractivity contribution < 1.29 is 9.50 Å². The van der Waals surface area contributed by atoms with E-state index in [2.05, 4.69) is 0 Å². The summed E-state index contributed by atoms with van der Waals surface area (Å²) in [6, 6.07) is 4.40. The Labute approximate surface area is 113 Å². The van der Waals surface area contributed by atoms with Crippen molar-refractivity contribution >= 4 is 11.6 Å². The fourth-order valence-electron chi connectivity index (χ4n) is 2.77. The normalized spacial score (nSPS) is 19.5. The molecule has 18 heavy (non-hydrogen) atoms. The smallest absolute Gasteiger partial charge is 0.124 e. The van der Waals surface area contributed by atoms with E-state index in [0.717, 1.165) is 18.4 Å². The Morgan fingerprint density at radius 1 is 1.22 bits per heavy atom. The van der Waals surface area contributed by atoms with Gasteiger partial charge in [0, 0.05) is 11.4 Å². The number of benzene rings is 1. The summed E-state index contributed by atoms with van der Waals surface area (Å²) in [6.45, 7) is 0. The Bertz CT molecular complexity index is 386. The van der Waals surface area contributed by atoms with Gasteiger partial charge in [0.05, 0.1) is 6.10 Å². The van der Waals surface area contributed by atoms with Gasteiger partial charge < -0.3 is 5.11 Å². The first kappa shape index (κ1) is 13.8. The van der Waals surface area contributed by atoms with Crippen LogP contribution in [0.5, 0.6) is 0 Å². The molecule has 0 bridgehead atoms. The van der Waals surface area contributed by atoms with Gasteiger partial charge in [-0.25, -0.2) is 4.39 Å². The molecule has 0 saturated heterocycles. The van der Waals surface area contributed by atoms with Crippen LogP contribution in [0.15, 0.2) is 18.2 Å². The lowest BCUT2D eigenvalue weighted by atomic mass is 9.90. The van der Waals surface area contributed by atoms with Gasteiger partial charge in [-0.1, -0.05) is 43.4 Å². The molecule has 2 rings (SSSR count). The van der Waals surface area contributed by atoms with Gasteiger partial charge in [0.25, 0.3) is 0 Å². The Kier molecular flexibility index (Phi) is 5.02. The summed E-state index contributed by atoms with van der Waals surface area (Å²) in [5.41, 5.74) is 0.842. The minimum atomic E-state index is -0.355. The van der Waals surface area contributed by atoms with Crippen molar-refractivity contribution in [1.29, 1.82) is 0 Å². The van der Waals surface area contributed by atoms with Crippen molar-refractivity contribution in [2.24, 2.45) is 5.92 Å². The van der Waals surface area contributed by atoms with E-state index in [1.54, 1.807) is 6.07 Å². The van der Waals surface area contributed by atoms with E-state index < -0.39 is 0 Å². The predicted octanol–water partition coefficient (Wildman–Crippen LogP) is 4.35. The molecular weight excluding hydrogens is 251 g/mol. The SMILES string of the molecule is OC(Cc1ccc(F)cc1Cl)C1CCCCCC1. The van der Waals surface area contributed by atoms with Gasteiger partial charge in [0.2, 0.25) is 0 Å². The fourth-order valence-corrected chi connectivity index (χ4v) is 3.02. The molecule has 1 saturated carbocycles. The summed E-state index contributed by atoms with van der Waals surface area (Å²) in [5.74, 6) is 0.0429. The van der Waals surface area contributed by atoms with Gasteiger partial charge in [0.15, 0.2) is 0 Å². The van der Waals surface area contributed by atoms with E-state index >= 15 is 0 Å². The molecule has 100 valence electrons. The lowest BCUT2D eigenvalue weighted by Gasteiger charge is -2.21. The highest BCUT2D eigenvalue weighted by molar-refractivity contribution is 6.31. The predicted molar refractivity (Wildman–Crippen MR) is 72.3 cm³/mol. The second kappa shape index (κ2) is 6.53. The number of rotatable bonds is 3. The molecule has 1 nitrogen and oxygen atoms in total. The zero-order valence-corrected chi connectivity index (χ0v) is 11.3. The van der Waals surface area contributed by atoms with Crippen LogP contribution in [0, 0.1) is 11.7 Å². The van der Waals surface area contributed by atoms with Gasteiger partial charge in [0.1, 0.15) is 5.82 Å². The standard InChI is InChI=1S/C15H20ClFO/c16-14-10-13(17)8-7-12(14)9-15(18)11-5-3-1-2-4-6-11/h7-8,10-11,15,18H,1-6,9H2. The van der Waals surface area contributed by atoms with Crippen LogP contribution >= 0.6 is 11.6 Å². The van der Waals surface area contributed by atoms with Crippen LogP contribution in [-0.4, -0.2) is 11.2 Å². The van der Waals surface area contributed by atoms with Gasteiger partial charge >= 0.3 is 0 Å². The topological polar surface area (TPSA) is 20.2 Å². The van der Waals surface area contributed by atoms with Crippen molar-refractivity contribution in [3.8, 4) is 0 Å². The monoisotopic (exact) mass is 270 g/mol. The summed E-state index contributed by atoms with van der Waals surface area (Å²) < 4.78 is 12.9. The minimum Gasteiger partial charge on any atom is -0.392 e. The first-order valence-corrected chi connectivity index (χ1v) is 7.16. The summed E-state index contributed by atoms with van der Waals surface area (Å²) in [5, 5.41) is 10.7.